The minimum atomic E-state index is 0.656. The second-order valence-electron chi connectivity index (χ2n) is 7.65. The molecule has 0 aliphatic rings. The number of ether oxygens (including phenoxy) is 1. The lowest BCUT2D eigenvalue weighted by Crippen LogP contribution is -1.98. The number of halogens is 2. The first-order valence-electron chi connectivity index (χ1n) is 10.7. The van der Waals surface area contributed by atoms with Crippen LogP contribution < -0.4 is 4.74 Å². The molecule has 0 bridgehead atoms. The number of para-hydroxylation sites is 1. The third-order valence-electron chi connectivity index (χ3n) is 5.56. The van der Waals surface area contributed by atoms with Gasteiger partial charge in [-0.05, 0) is 77.9 Å². The van der Waals surface area contributed by atoms with Gasteiger partial charge in [0.05, 0.1) is 12.6 Å². The van der Waals surface area contributed by atoms with E-state index in [0.29, 0.717) is 5.88 Å². The summed E-state index contributed by atoms with van der Waals surface area (Å²) in [5.74, 6) is 1.49. The highest BCUT2D eigenvalue weighted by Gasteiger charge is 2.15. The highest BCUT2D eigenvalue weighted by atomic mass is 35.5. The molecule has 2 nitrogen and oxygen atoms in total. The number of benzene rings is 3. The molecule has 0 unspecified atom stereocenters. The first-order chi connectivity index (χ1) is 15.7. The summed E-state index contributed by atoms with van der Waals surface area (Å²) in [7, 11) is 1.68. The van der Waals surface area contributed by atoms with Crippen molar-refractivity contribution in [1.82, 2.24) is 4.98 Å². The number of aromatic nitrogens is 1. The molecule has 0 fully saturated rings. The van der Waals surface area contributed by atoms with Crippen LogP contribution in [-0.4, -0.2) is 18.0 Å². The summed E-state index contributed by atoms with van der Waals surface area (Å²) in [5.41, 5.74) is 6.78. The van der Waals surface area contributed by atoms with E-state index in [1.165, 1.54) is 11.1 Å². The van der Waals surface area contributed by atoms with Gasteiger partial charge in [-0.25, -0.2) is 0 Å². The lowest BCUT2D eigenvalue weighted by atomic mass is 9.87. The van der Waals surface area contributed by atoms with Gasteiger partial charge in [-0.3, -0.25) is 4.98 Å². The molecule has 3 aromatic carbocycles. The zero-order valence-corrected chi connectivity index (χ0v) is 19.5. The maximum Gasteiger partial charge on any atom is 0.118 e. The minimum absolute atomic E-state index is 0.656. The molecule has 0 radical (unpaired) electrons. The number of unbranched alkanes of at least 4 members (excludes halogenated alkanes) is 1. The van der Waals surface area contributed by atoms with Gasteiger partial charge in [0, 0.05) is 28.0 Å². The number of allylic oxidation sites excluding steroid dienone is 1. The molecule has 4 rings (SSSR count). The Hall–Kier alpha value is -2.81. The van der Waals surface area contributed by atoms with Crippen LogP contribution in [0.4, 0.5) is 0 Å². The fraction of sp³-hybridized carbons (Fsp3) is 0.179. The van der Waals surface area contributed by atoms with Crippen molar-refractivity contribution < 1.29 is 4.74 Å². The average molecular weight is 462 g/mol. The summed E-state index contributed by atoms with van der Waals surface area (Å²) < 4.78 is 5.39. The van der Waals surface area contributed by atoms with Gasteiger partial charge in [-0.15, -0.1) is 11.6 Å². The van der Waals surface area contributed by atoms with Crippen LogP contribution in [0.15, 0.2) is 85.1 Å². The predicted octanol–water partition coefficient (Wildman–Crippen LogP) is 8.27. The van der Waals surface area contributed by atoms with E-state index in [-0.39, 0.29) is 0 Å². The van der Waals surface area contributed by atoms with Crippen molar-refractivity contribution in [3.8, 4) is 5.75 Å². The number of hydrogen-bond acceptors (Lipinski definition) is 2. The number of pyridine rings is 1. The van der Waals surface area contributed by atoms with Gasteiger partial charge in [-0.1, -0.05) is 54.1 Å². The number of rotatable bonds is 8. The smallest absolute Gasteiger partial charge is 0.118 e. The molecule has 0 atom stereocenters. The van der Waals surface area contributed by atoms with Gasteiger partial charge in [0.1, 0.15) is 5.75 Å². The Bertz CT molecular complexity index is 1210. The van der Waals surface area contributed by atoms with E-state index in [2.05, 4.69) is 36.4 Å². The first kappa shape index (κ1) is 22.4. The van der Waals surface area contributed by atoms with Crippen LogP contribution in [-0.2, 0) is 0 Å². The molecule has 4 heteroatoms. The van der Waals surface area contributed by atoms with E-state index in [4.69, 9.17) is 32.9 Å². The van der Waals surface area contributed by atoms with E-state index in [0.717, 1.165) is 57.6 Å². The minimum Gasteiger partial charge on any atom is -0.497 e. The fourth-order valence-electron chi connectivity index (χ4n) is 3.94. The first-order valence-corrected chi connectivity index (χ1v) is 11.7. The molecule has 1 aromatic heterocycles. The van der Waals surface area contributed by atoms with Gasteiger partial charge >= 0.3 is 0 Å². The number of fused-ring (bicyclic) bond motifs is 1. The van der Waals surface area contributed by atoms with Gasteiger partial charge in [-0.2, -0.15) is 0 Å². The zero-order valence-electron chi connectivity index (χ0n) is 18.0. The maximum atomic E-state index is 6.20. The highest BCUT2D eigenvalue weighted by Crippen LogP contribution is 2.37. The van der Waals surface area contributed by atoms with E-state index in [1.807, 2.05) is 48.7 Å². The van der Waals surface area contributed by atoms with Crippen molar-refractivity contribution in [2.45, 2.75) is 19.3 Å². The number of hydrogen-bond donors (Lipinski definition) is 0. The Kier molecular flexibility index (Phi) is 7.47. The molecule has 0 saturated carbocycles. The topological polar surface area (TPSA) is 22.1 Å². The summed E-state index contributed by atoms with van der Waals surface area (Å²) >= 11 is 12.2. The standard InChI is InChI=1S/C28H25Cl2NO/c1-32-25-15-11-21(12-16-25)28(23-18-22-6-2-3-8-27(22)31-19-23)26(7-4-5-17-29)20-9-13-24(30)14-10-20/h2-3,6,8-16,18-19H,4-5,7,17H2,1H3/b28-26-. The summed E-state index contributed by atoms with van der Waals surface area (Å²) in [4.78, 5) is 4.75. The van der Waals surface area contributed by atoms with Crippen molar-refractivity contribution in [3.05, 3.63) is 107 Å². The SMILES string of the molecule is COc1ccc(/C(=C(\CCCCCl)c2ccc(Cl)cc2)c2cnc3ccccc3c2)cc1. The zero-order chi connectivity index (χ0) is 22.3. The van der Waals surface area contributed by atoms with E-state index < -0.39 is 0 Å². The molecule has 1 heterocycles. The van der Waals surface area contributed by atoms with Crippen molar-refractivity contribution >= 4 is 45.3 Å². The second-order valence-corrected chi connectivity index (χ2v) is 8.47. The van der Waals surface area contributed by atoms with Crippen molar-refractivity contribution in [2.75, 3.05) is 13.0 Å². The number of alkyl halides is 1. The molecule has 0 spiro atoms. The Balaban J connectivity index is 1.95. The summed E-state index contributed by atoms with van der Waals surface area (Å²) in [6, 6.07) is 26.7. The Labute approximate surface area is 199 Å². The third-order valence-corrected chi connectivity index (χ3v) is 6.08. The van der Waals surface area contributed by atoms with Crippen LogP contribution >= 0.6 is 23.2 Å². The second kappa shape index (κ2) is 10.7. The Morgan fingerprint density at radius 1 is 0.844 bits per heavy atom. The Morgan fingerprint density at radius 3 is 2.28 bits per heavy atom. The predicted molar refractivity (Wildman–Crippen MR) is 137 cm³/mol. The van der Waals surface area contributed by atoms with Crippen LogP contribution in [0.1, 0.15) is 36.0 Å². The molecule has 0 aliphatic carbocycles. The highest BCUT2D eigenvalue weighted by molar-refractivity contribution is 6.30. The summed E-state index contributed by atoms with van der Waals surface area (Å²) in [6.07, 6.45) is 4.84. The fourth-order valence-corrected chi connectivity index (χ4v) is 4.26. The van der Waals surface area contributed by atoms with Crippen LogP contribution in [0.2, 0.25) is 5.02 Å². The molecule has 32 heavy (non-hydrogen) atoms. The third kappa shape index (κ3) is 5.15. The molecule has 4 aromatic rings. The van der Waals surface area contributed by atoms with E-state index >= 15 is 0 Å². The quantitative estimate of drug-likeness (QED) is 0.149. The lowest BCUT2D eigenvalue weighted by Gasteiger charge is -2.18. The van der Waals surface area contributed by atoms with E-state index in [9.17, 15) is 0 Å². The normalized spacial score (nSPS) is 12.0. The average Bonchev–Trinajstić information content (AvgIpc) is 2.84. The molecule has 162 valence electrons. The van der Waals surface area contributed by atoms with Crippen molar-refractivity contribution in [2.24, 2.45) is 0 Å². The van der Waals surface area contributed by atoms with Crippen molar-refractivity contribution in [3.63, 3.8) is 0 Å². The summed E-state index contributed by atoms with van der Waals surface area (Å²) in [5, 5.41) is 1.85. The largest absolute Gasteiger partial charge is 0.497 e. The Morgan fingerprint density at radius 2 is 1.56 bits per heavy atom. The summed E-state index contributed by atoms with van der Waals surface area (Å²) in [6.45, 7) is 0. The van der Waals surface area contributed by atoms with Gasteiger partial charge in [0.15, 0.2) is 0 Å². The van der Waals surface area contributed by atoms with Crippen LogP contribution in [0, 0.1) is 0 Å². The number of nitrogens with zero attached hydrogens (tertiary/aromatic N) is 1. The number of methoxy groups -OCH3 is 1. The van der Waals surface area contributed by atoms with Gasteiger partial charge < -0.3 is 4.74 Å². The van der Waals surface area contributed by atoms with Crippen LogP contribution in [0.3, 0.4) is 0 Å². The van der Waals surface area contributed by atoms with Gasteiger partial charge in [0.2, 0.25) is 0 Å². The molecule has 0 aliphatic heterocycles. The molecule has 0 N–H and O–H groups in total. The lowest BCUT2D eigenvalue weighted by molar-refractivity contribution is 0.415. The maximum absolute atomic E-state index is 6.20. The molecular formula is C28H25Cl2NO. The van der Waals surface area contributed by atoms with Crippen molar-refractivity contribution in [1.29, 1.82) is 0 Å². The molecule has 0 amide bonds. The molecule has 0 saturated heterocycles. The monoisotopic (exact) mass is 461 g/mol. The van der Waals surface area contributed by atoms with Crippen LogP contribution in [0.25, 0.3) is 22.0 Å². The van der Waals surface area contributed by atoms with Gasteiger partial charge in [0.25, 0.3) is 0 Å². The molecular weight excluding hydrogens is 437 g/mol. The van der Waals surface area contributed by atoms with E-state index in [1.54, 1.807) is 7.11 Å². The van der Waals surface area contributed by atoms with Crippen LogP contribution in [0.5, 0.6) is 5.75 Å².